The molecule has 0 saturated heterocycles. The van der Waals surface area contributed by atoms with Crippen LogP contribution in [-0.4, -0.2) is 25.0 Å². The van der Waals surface area contributed by atoms with Crippen molar-refractivity contribution in [2.24, 2.45) is 0 Å². The van der Waals surface area contributed by atoms with Gasteiger partial charge in [0.15, 0.2) is 0 Å². The molecule has 3 nitrogen and oxygen atoms in total. The van der Waals surface area contributed by atoms with Gasteiger partial charge in [-0.3, -0.25) is 4.79 Å². The number of aryl methyl sites for hydroxylation is 1. The van der Waals surface area contributed by atoms with Gasteiger partial charge in [0, 0.05) is 5.56 Å². The first-order chi connectivity index (χ1) is 7.77. The molecule has 92 valence electrons. The van der Waals surface area contributed by atoms with E-state index in [4.69, 9.17) is 0 Å². The number of hydrogen-bond acceptors (Lipinski definition) is 3. The Bertz CT molecular complexity index is 464. The minimum Gasteiger partial charge on any atom is -0.465 e. The molecule has 0 heterocycles. The molecule has 0 aliphatic carbocycles. The summed E-state index contributed by atoms with van der Waals surface area (Å²) in [4.78, 5) is 22.1. The summed E-state index contributed by atoms with van der Waals surface area (Å²) in [5.74, 6) is -2.59. The van der Waals surface area contributed by atoms with Gasteiger partial charge < -0.3 is 4.74 Å². The smallest absolute Gasteiger partial charge is 0.454 e. The van der Waals surface area contributed by atoms with Gasteiger partial charge in [0.1, 0.15) is 0 Å². The van der Waals surface area contributed by atoms with Crippen molar-refractivity contribution in [3.05, 3.63) is 34.9 Å². The number of carbonyl (C=O) groups excluding carboxylic acids is 2. The summed E-state index contributed by atoms with van der Waals surface area (Å²) >= 11 is 0. The van der Waals surface area contributed by atoms with Crippen LogP contribution in [0.3, 0.4) is 0 Å². The summed E-state index contributed by atoms with van der Waals surface area (Å²) in [6.07, 6.45) is -4.92. The minimum atomic E-state index is -4.92. The number of halogens is 3. The molecule has 0 spiro atoms. The Balaban J connectivity index is 3.15. The average molecular weight is 246 g/mol. The molecular weight excluding hydrogens is 237 g/mol. The van der Waals surface area contributed by atoms with E-state index >= 15 is 0 Å². The third-order valence-corrected chi connectivity index (χ3v) is 2.15. The molecule has 0 fully saturated rings. The highest BCUT2D eigenvalue weighted by molar-refractivity contribution is 6.02. The second-order valence-electron chi connectivity index (χ2n) is 3.35. The van der Waals surface area contributed by atoms with Crippen LogP contribution < -0.4 is 0 Å². The highest BCUT2D eigenvalue weighted by Crippen LogP contribution is 2.24. The van der Waals surface area contributed by atoms with Gasteiger partial charge in [0.05, 0.1) is 12.7 Å². The van der Waals surface area contributed by atoms with Crippen molar-refractivity contribution in [1.82, 2.24) is 0 Å². The normalized spacial score (nSPS) is 11.1. The number of rotatable bonds is 2. The Morgan fingerprint density at radius 3 is 2.24 bits per heavy atom. The lowest BCUT2D eigenvalue weighted by Crippen LogP contribution is -2.23. The first-order valence-corrected chi connectivity index (χ1v) is 4.58. The van der Waals surface area contributed by atoms with E-state index in [0.717, 1.165) is 19.2 Å². The molecule has 0 aliphatic rings. The summed E-state index contributed by atoms with van der Waals surface area (Å²) in [5, 5.41) is 0. The molecule has 0 aliphatic heterocycles. The van der Waals surface area contributed by atoms with E-state index in [1.54, 1.807) is 0 Å². The zero-order chi connectivity index (χ0) is 13.2. The number of esters is 1. The van der Waals surface area contributed by atoms with Gasteiger partial charge in [0.2, 0.25) is 0 Å². The second kappa shape index (κ2) is 4.57. The van der Waals surface area contributed by atoms with Gasteiger partial charge in [-0.25, -0.2) is 4.79 Å². The first kappa shape index (κ1) is 13.2. The summed E-state index contributed by atoms with van der Waals surface area (Å²) < 4.78 is 41.0. The van der Waals surface area contributed by atoms with Crippen LogP contribution in [0, 0.1) is 6.92 Å². The standard InChI is InChI=1S/C11H9F3O3/c1-6-5-7(10(16)17-2)3-4-8(6)9(15)11(12,13)14/h3-5H,1-2H3. The molecule has 0 atom stereocenters. The van der Waals surface area contributed by atoms with E-state index < -0.39 is 23.5 Å². The van der Waals surface area contributed by atoms with E-state index in [1.807, 2.05) is 0 Å². The topological polar surface area (TPSA) is 43.4 Å². The van der Waals surface area contributed by atoms with E-state index in [1.165, 1.54) is 13.0 Å². The second-order valence-corrected chi connectivity index (χ2v) is 3.35. The van der Waals surface area contributed by atoms with E-state index in [2.05, 4.69) is 4.74 Å². The molecule has 0 saturated carbocycles. The van der Waals surface area contributed by atoms with Crippen LogP contribution in [0.25, 0.3) is 0 Å². The molecule has 0 N–H and O–H groups in total. The van der Waals surface area contributed by atoms with Gasteiger partial charge >= 0.3 is 12.1 Å². The maximum Gasteiger partial charge on any atom is 0.454 e. The number of carbonyl (C=O) groups is 2. The SMILES string of the molecule is COC(=O)c1ccc(C(=O)C(F)(F)F)c(C)c1. The van der Waals surface area contributed by atoms with E-state index in [9.17, 15) is 22.8 Å². The maximum absolute atomic E-state index is 12.2. The predicted octanol–water partition coefficient (Wildman–Crippen LogP) is 2.53. The molecule has 1 aromatic rings. The largest absolute Gasteiger partial charge is 0.465 e. The number of ether oxygens (including phenoxy) is 1. The van der Waals surface area contributed by atoms with Crippen LogP contribution >= 0.6 is 0 Å². The number of alkyl halides is 3. The Labute approximate surface area is 95.2 Å². The third-order valence-electron chi connectivity index (χ3n) is 2.15. The molecule has 17 heavy (non-hydrogen) atoms. The Morgan fingerprint density at radius 1 is 1.24 bits per heavy atom. The molecule has 0 radical (unpaired) electrons. The lowest BCUT2D eigenvalue weighted by molar-refractivity contribution is -0.0885. The maximum atomic E-state index is 12.2. The number of methoxy groups -OCH3 is 1. The highest BCUT2D eigenvalue weighted by Gasteiger charge is 2.39. The van der Waals surface area contributed by atoms with Crippen LogP contribution in [0.15, 0.2) is 18.2 Å². The van der Waals surface area contributed by atoms with Crippen molar-refractivity contribution in [1.29, 1.82) is 0 Å². The van der Waals surface area contributed by atoms with Crippen molar-refractivity contribution in [2.75, 3.05) is 7.11 Å². The fourth-order valence-corrected chi connectivity index (χ4v) is 1.32. The van der Waals surface area contributed by atoms with Crippen LogP contribution in [0.4, 0.5) is 13.2 Å². The van der Waals surface area contributed by atoms with Crippen molar-refractivity contribution in [2.45, 2.75) is 13.1 Å². The third kappa shape index (κ3) is 2.83. The number of Topliss-reactive ketones (excluding diaryl/α,β-unsaturated/α-hetero) is 1. The summed E-state index contributed by atoms with van der Waals surface area (Å²) in [6.45, 7) is 1.32. The summed E-state index contributed by atoms with van der Waals surface area (Å²) in [6, 6.07) is 3.28. The zero-order valence-corrected chi connectivity index (χ0v) is 9.09. The van der Waals surface area contributed by atoms with E-state index in [-0.39, 0.29) is 11.1 Å². The summed E-state index contributed by atoms with van der Waals surface area (Å²) in [7, 11) is 1.16. The highest BCUT2D eigenvalue weighted by atomic mass is 19.4. The quantitative estimate of drug-likeness (QED) is 0.595. The van der Waals surface area contributed by atoms with Crippen LogP contribution in [0.2, 0.25) is 0 Å². The zero-order valence-electron chi connectivity index (χ0n) is 9.09. The molecule has 0 amide bonds. The fraction of sp³-hybridized carbons (Fsp3) is 0.273. The summed E-state index contributed by atoms with van der Waals surface area (Å²) in [5.41, 5.74) is -0.288. The molecule has 6 heteroatoms. The average Bonchev–Trinajstić information content (AvgIpc) is 2.25. The van der Waals surface area contributed by atoms with Crippen LogP contribution in [0.1, 0.15) is 26.3 Å². The Morgan fingerprint density at radius 2 is 1.82 bits per heavy atom. The van der Waals surface area contributed by atoms with Gasteiger partial charge in [-0.1, -0.05) is 0 Å². The van der Waals surface area contributed by atoms with E-state index in [0.29, 0.717) is 0 Å². The van der Waals surface area contributed by atoms with Crippen molar-refractivity contribution < 1.29 is 27.5 Å². The van der Waals surface area contributed by atoms with Crippen molar-refractivity contribution in [3.63, 3.8) is 0 Å². The monoisotopic (exact) mass is 246 g/mol. The fourth-order valence-electron chi connectivity index (χ4n) is 1.32. The number of hydrogen-bond donors (Lipinski definition) is 0. The Hall–Kier alpha value is -1.85. The molecule has 0 aromatic heterocycles. The van der Waals surface area contributed by atoms with Gasteiger partial charge in [-0.05, 0) is 30.7 Å². The number of benzene rings is 1. The van der Waals surface area contributed by atoms with Gasteiger partial charge in [0.25, 0.3) is 5.78 Å². The number of ketones is 1. The van der Waals surface area contributed by atoms with Crippen LogP contribution in [0.5, 0.6) is 0 Å². The Kier molecular flexibility index (Phi) is 3.55. The van der Waals surface area contributed by atoms with Crippen LogP contribution in [-0.2, 0) is 4.74 Å². The van der Waals surface area contributed by atoms with Gasteiger partial charge in [-0.2, -0.15) is 13.2 Å². The van der Waals surface area contributed by atoms with Crippen molar-refractivity contribution >= 4 is 11.8 Å². The van der Waals surface area contributed by atoms with Crippen molar-refractivity contribution in [3.8, 4) is 0 Å². The predicted molar refractivity (Wildman–Crippen MR) is 52.9 cm³/mol. The lowest BCUT2D eigenvalue weighted by Gasteiger charge is -2.09. The molecule has 0 bridgehead atoms. The molecular formula is C11H9F3O3. The van der Waals surface area contributed by atoms with Gasteiger partial charge in [-0.15, -0.1) is 0 Å². The molecule has 1 aromatic carbocycles. The molecule has 1 rings (SSSR count). The lowest BCUT2D eigenvalue weighted by atomic mass is 10.0. The minimum absolute atomic E-state index is 0.0789. The first-order valence-electron chi connectivity index (χ1n) is 4.58. The molecule has 0 unspecified atom stereocenters.